The summed E-state index contributed by atoms with van der Waals surface area (Å²) in [7, 11) is 0. The number of rotatable bonds is 4. The molecule has 2 aromatic rings. The maximum absolute atomic E-state index is 11.4. The van der Waals surface area contributed by atoms with Gasteiger partial charge in [0.2, 0.25) is 0 Å². The average molecular weight is 285 g/mol. The molecule has 0 bridgehead atoms. The lowest BCUT2D eigenvalue weighted by Crippen LogP contribution is -2.06. The van der Waals surface area contributed by atoms with E-state index in [0.29, 0.717) is 23.1 Å². The summed E-state index contributed by atoms with van der Waals surface area (Å²) in [4.78, 5) is 15.6. The van der Waals surface area contributed by atoms with Gasteiger partial charge in [0.25, 0.3) is 0 Å². The van der Waals surface area contributed by atoms with Crippen molar-refractivity contribution in [2.24, 2.45) is 0 Å². The topological polar surface area (TPSA) is 59.4 Å². The summed E-state index contributed by atoms with van der Waals surface area (Å²) in [6.07, 6.45) is 0. The second-order valence-electron chi connectivity index (χ2n) is 5.32. The van der Waals surface area contributed by atoms with Crippen LogP contribution in [0.1, 0.15) is 47.1 Å². The lowest BCUT2D eigenvalue weighted by Gasteiger charge is -2.16. The van der Waals surface area contributed by atoms with Crippen molar-refractivity contribution in [3.05, 3.63) is 52.8 Å². The molecule has 1 aromatic heterocycles. The van der Waals surface area contributed by atoms with Gasteiger partial charge < -0.3 is 9.84 Å². The minimum atomic E-state index is -1.03. The number of aromatic carboxylic acids is 1. The van der Waals surface area contributed by atoms with Gasteiger partial charge in [-0.1, -0.05) is 32.0 Å². The predicted octanol–water partition coefficient (Wildman–Crippen LogP) is 4.31. The van der Waals surface area contributed by atoms with E-state index >= 15 is 0 Å². The summed E-state index contributed by atoms with van der Waals surface area (Å²) < 4.78 is 5.90. The maximum atomic E-state index is 11.4. The van der Waals surface area contributed by atoms with E-state index in [9.17, 15) is 9.90 Å². The van der Waals surface area contributed by atoms with Crippen molar-refractivity contribution in [1.29, 1.82) is 0 Å². The number of benzene rings is 1. The monoisotopic (exact) mass is 285 g/mol. The van der Waals surface area contributed by atoms with Crippen LogP contribution in [0.15, 0.2) is 30.3 Å². The number of aromatic nitrogens is 1. The zero-order chi connectivity index (χ0) is 15.6. The van der Waals surface area contributed by atoms with Gasteiger partial charge in [-0.05, 0) is 31.4 Å². The number of para-hydroxylation sites is 1. The van der Waals surface area contributed by atoms with Crippen LogP contribution in [0, 0.1) is 13.8 Å². The fourth-order valence-electron chi connectivity index (χ4n) is 2.30. The van der Waals surface area contributed by atoms with Crippen LogP contribution in [0.3, 0.4) is 0 Å². The summed E-state index contributed by atoms with van der Waals surface area (Å²) in [5.41, 5.74) is 2.34. The third-order valence-corrected chi connectivity index (χ3v) is 3.27. The van der Waals surface area contributed by atoms with Crippen molar-refractivity contribution in [2.45, 2.75) is 33.6 Å². The molecule has 0 spiro atoms. The number of carboxylic acid groups (broad SMARTS) is 1. The fraction of sp³-hybridized carbons (Fsp3) is 0.294. The van der Waals surface area contributed by atoms with Crippen LogP contribution in [0.25, 0.3) is 0 Å². The number of ether oxygens (including phenoxy) is 1. The first-order valence-electron chi connectivity index (χ1n) is 6.88. The van der Waals surface area contributed by atoms with Gasteiger partial charge in [0.1, 0.15) is 17.1 Å². The Morgan fingerprint density at radius 2 is 1.86 bits per heavy atom. The smallest absolute Gasteiger partial charge is 0.341 e. The highest BCUT2D eigenvalue weighted by atomic mass is 16.5. The van der Waals surface area contributed by atoms with E-state index in [2.05, 4.69) is 18.8 Å². The molecule has 0 saturated carbocycles. The van der Waals surface area contributed by atoms with Crippen LogP contribution in [0.4, 0.5) is 0 Å². The number of carbonyl (C=O) groups is 1. The minimum absolute atomic E-state index is 0.110. The van der Waals surface area contributed by atoms with Gasteiger partial charge in [0.05, 0.1) is 5.69 Å². The van der Waals surface area contributed by atoms with Crippen LogP contribution in [-0.4, -0.2) is 16.1 Å². The highest BCUT2D eigenvalue weighted by molar-refractivity contribution is 5.92. The van der Waals surface area contributed by atoms with Gasteiger partial charge in [0, 0.05) is 11.8 Å². The Morgan fingerprint density at radius 3 is 2.48 bits per heavy atom. The average Bonchev–Trinajstić information content (AvgIpc) is 2.37. The summed E-state index contributed by atoms with van der Waals surface area (Å²) in [5, 5.41) is 9.37. The Hall–Kier alpha value is -2.36. The third-order valence-electron chi connectivity index (χ3n) is 3.27. The third kappa shape index (κ3) is 3.21. The summed E-state index contributed by atoms with van der Waals surface area (Å²) in [5.74, 6) is 0.274. The first-order chi connectivity index (χ1) is 9.90. The molecule has 0 unspecified atom stereocenters. The number of pyridine rings is 1. The Balaban J connectivity index is 2.52. The van der Waals surface area contributed by atoms with E-state index in [1.165, 1.54) is 0 Å². The number of nitrogens with zero attached hydrogens (tertiary/aromatic N) is 1. The van der Waals surface area contributed by atoms with E-state index in [1.807, 2.05) is 31.2 Å². The molecular formula is C17H19NO3. The lowest BCUT2D eigenvalue weighted by atomic mass is 10.0. The molecule has 0 fully saturated rings. The van der Waals surface area contributed by atoms with Crippen LogP contribution in [-0.2, 0) is 0 Å². The maximum Gasteiger partial charge on any atom is 0.341 e. The largest absolute Gasteiger partial charge is 0.477 e. The second kappa shape index (κ2) is 5.95. The second-order valence-corrected chi connectivity index (χ2v) is 5.32. The van der Waals surface area contributed by atoms with Crippen LogP contribution in [0.2, 0.25) is 0 Å². The van der Waals surface area contributed by atoms with Crippen molar-refractivity contribution in [3.8, 4) is 11.5 Å². The zero-order valence-corrected chi connectivity index (χ0v) is 12.7. The SMILES string of the molecule is Cc1cc(Oc2ccccc2C(C)C)c(C(=O)O)c(C)n1. The van der Waals surface area contributed by atoms with E-state index < -0.39 is 5.97 Å². The van der Waals surface area contributed by atoms with Crippen LogP contribution >= 0.6 is 0 Å². The summed E-state index contributed by atoms with van der Waals surface area (Å²) >= 11 is 0. The molecule has 0 aliphatic carbocycles. The van der Waals surface area contributed by atoms with E-state index in [0.717, 1.165) is 11.3 Å². The predicted molar refractivity (Wildman–Crippen MR) is 81.3 cm³/mol. The highest BCUT2D eigenvalue weighted by Crippen LogP contribution is 2.33. The van der Waals surface area contributed by atoms with Crippen molar-refractivity contribution in [3.63, 3.8) is 0 Å². The first-order valence-corrected chi connectivity index (χ1v) is 6.88. The van der Waals surface area contributed by atoms with E-state index in [4.69, 9.17) is 4.74 Å². The molecule has 0 amide bonds. The Kier molecular flexibility index (Phi) is 4.26. The molecule has 4 nitrogen and oxygen atoms in total. The molecule has 0 atom stereocenters. The standard InChI is InChI=1S/C17H19NO3/c1-10(2)13-7-5-6-8-14(13)21-15-9-11(3)18-12(4)16(15)17(19)20/h5-10H,1-4H3,(H,19,20). The summed E-state index contributed by atoms with van der Waals surface area (Å²) in [6.45, 7) is 7.64. The molecule has 1 heterocycles. The molecule has 2 rings (SSSR count). The molecule has 0 aliphatic heterocycles. The van der Waals surface area contributed by atoms with Gasteiger partial charge in [-0.3, -0.25) is 4.98 Å². The molecule has 4 heteroatoms. The molecule has 0 radical (unpaired) electrons. The van der Waals surface area contributed by atoms with Crippen molar-refractivity contribution in [2.75, 3.05) is 0 Å². The summed E-state index contributed by atoms with van der Waals surface area (Å²) in [6, 6.07) is 9.33. The number of hydrogen-bond acceptors (Lipinski definition) is 3. The zero-order valence-electron chi connectivity index (χ0n) is 12.7. The van der Waals surface area contributed by atoms with Crippen LogP contribution in [0.5, 0.6) is 11.5 Å². The highest BCUT2D eigenvalue weighted by Gasteiger charge is 2.18. The molecule has 1 N–H and O–H groups in total. The molecular weight excluding hydrogens is 266 g/mol. The fourth-order valence-corrected chi connectivity index (χ4v) is 2.30. The van der Waals surface area contributed by atoms with Gasteiger partial charge >= 0.3 is 5.97 Å². The van der Waals surface area contributed by atoms with Gasteiger partial charge in [0.15, 0.2) is 0 Å². The van der Waals surface area contributed by atoms with Crippen LogP contribution < -0.4 is 4.74 Å². The molecule has 1 aromatic carbocycles. The van der Waals surface area contributed by atoms with Gasteiger partial charge in [-0.2, -0.15) is 0 Å². The normalized spacial score (nSPS) is 10.7. The number of hydrogen-bond donors (Lipinski definition) is 1. The number of aryl methyl sites for hydroxylation is 2. The Labute approximate surface area is 124 Å². The van der Waals surface area contributed by atoms with E-state index in [-0.39, 0.29) is 5.56 Å². The first kappa shape index (κ1) is 15.0. The number of carboxylic acids is 1. The molecule has 0 aliphatic rings. The van der Waals surface area contributed by atoms with Crippen molar-refractivity contribution in [1.82, 2.24) is 4.98 Å². The molecule has 0 saturated heterocycles. The Morgan fingerprint density at radius 1 is 1.19 bits per heavy atom. The van der Waals surface area contributed by atoms with E-state index in [1.54, 1.807) is 13.0 Å². The van der Waals surface area contributed by atoms with Crippen molar-refractivity contribution < 1.29 is 14.6 Å². The minimum Gasteiger partial charge on any atom is -0.477 e. The van der Waals surface area contributed by atoms with Gasteiger partial charge in [-0.15, -0.1) is 0 Å². The van der Waals surface area contributed by atoms with Gasteiger partial charge in [-0.25, -0.2) is 4.79 Å². The van der Waals surface area contributed by atoms with Crippen molar-refractivity contribution >= 4 is 5.97 Å². The quantitative estimate of drug-likeness (QED) is 0.909. The lowest BCUT2D eigenvalue weighted by molar-refractivity contribution is 0.0692. The molecule has 21 heavy (non-hydrogen) atoms. The molecule has 110 valence electrons. The Bertz CT molecular complexity index is 678.